The van der Waals surface area contributed by atoms with Gasteiger partial charge in [0.1, 0.15) is 0 Å². The Bertz CT molecular complexity index is 742. The Kier molecular flexibility index (Phi) is 3.25. The fraction of sp³-hybridized carbons (Fsp3) is 0.167. The summed E-state index contributed by atoms with van der Waals surface area (Å²) in [4.78, 5) is 4.49. The van der Waals surface area contributed by atoms with E-state index in [-0.39, 0.29) is 6.04 Å². The van der Waals surface area contributed by atoms with Gasteiger partial charge in [-0.3, -0.25) is 4.98 Å². The van der Waals surface area contributed by atoms with Crippen LogP contribution in [0.25, 0.3) is 10.9 Å². The molecule has 0 radical (unpaired) electrons. The van der Waals surface area contributed by atoms with Crippen LogP contribution < -0.4 is 5.73 Å². The lowest BCUT2D eigenvalue weighted by Crippen LogP contribution is -2.12. The maximum Gasteiger partial charge on any atom is 0.0702 e. The minimum Gasteiger partial charge on any atom is -0.320 e. The molecule has 20 heavy (non-hydrogen) atoms. The van der Waals surface area contributed by atoms with E-state index in [9.17, 15) is 0 Å². The molecule has 1 aromatic heterocycles. The van der Waals surface area contributed by atoms with E-state index >= 15 is 0 Å². The fourth-order valence-corrected chi connectivity index (χ4v) is 2.64. The molecular formula is C18H18N2. The van der Waals surface area contributed by atoms with Crippen molar-refractivity contribution in [3.05, 3.63) is 77.0 Å². The predicted octanol–water partition coefficient (Wildman–Crippen LogP) is 3.90. The van der Waals surface area contributed by atoms with Gasteiger partial charge in [-0.1, -0.05) is 47.5 Å². The van der Waals surface area contributed by atoms with Crippen LogP contribution in [0.15, 0.2) is 54.7 Å². The van der Waals surface area contributed by atoms with Gasteiger partial charge in [0.25, 0.3) is 0 Å². The SMILES string of the molecule is Cc1cc(C)cc(C(N)c2cnc3ccccc3c2)c1. The molecule has 3 rings (SSSR count). The molecule has 1 atom stereocenters. The van der Waals surface area contributed by atoms with Crippen LogP contribution in [0.2, 0.25) is 0 Å². The number of aromatic nitrogens is 1. The number of fused-ring (bicyclic) bond motifs is 1. The molecule has 0 saturated heterocycles. The minimum absolute atomic E-state index is 0.134. The molecule has 1 unspecified atom stereocenters. The van der Waals surface area contributed by atoms with Crippen molar-refractivity contribution in [2.45, 2.75) is 19.9 Å². The highest BCUT2D eigenvalue weighted by Crippen LogP contribution is 2.23. The zero-order valence-electron chi connectivity index (χ0n) is 11.8. The highest BCUT2D eigenvalue weighted by atomic mass is 14.7. The van der Waals surface area contributed by atoms with Gasteiger partial charge < -0.3 is 5.73 Å². The Balaban J connectivity index is 2.05. The van der Waals surface area contributed by atoms with Gasteiger partial charge in [-0.15, -0.1) is 0 Å². The number of rotatable bonds is 2. The van der Waals surface area contributed by atoms with Crippen LogP contribution in [-0.4, -0.2) is 4.98 Å². The van der Waals surface area contributed by atoms with Crippen LogP contribution in [0.3, 0.4) is 0 Å². The number of para-hydroxylation sites is 1. The largest absolute Gasteiger partial charge is 0.320 e. The number of hydrogen-bond donors (Lipinski definition) is 1. The van der Waals surface area contributed by atoms with E-state index in [4.69, 9.17) is 5.73 Å². The van der Waals surface area contributed by atoms with Crippen LogP contribution in [-0.2, 0) is 0 Å². The van der Waals surface area contributed by atoms with Crippen molar-refractivity contribution in [2.75, 3.05) is 0 Å². The van der Waals surface area contributed by atoms with Gasteiger partial charge in [-0.05, 0) is 37.1 Å². The van der Waals surface area contributed by atoms with Crippen molar-refractivity contribution in [1.82, 2.24) is 4.98 Å². The van der Waals surface area contributed by atoms with Gasteiger partial charge >= 0.3 is 0 Å². The summed E-state index contributed by atoms with van der Waals surface area (Å²) in [5, 5.41) is 1.13. The number of pyridine rings is 1. The van der Waals surface area contributed by atoms with Crippen molar-refractivity contribution in [1.29, 1.82) is 0 Å². The number of nitrogens with zero attached hydrogens (tertiary/aromatic N) is 1. The number of benzene rings is 2. The lowest BCUT2D eigenvalue weighted by Gasteiger charge is -2.14. The molecule has 0 aliphatic rings. The third kappa shape index (κ3) is 2.43. The van der Waals surface area contributed by atoms with Crippen LogP contribution in [0.5, 0.6) is 0 Å². The van der Waals surface area contributed by atoms with Crippen molar-refractivity contribution >= 4 is 10.9 Å². The van der Waals surface area contributed by atoms with Gasteiger partial charge in [-0.2, -0.15) is 0 Å². The molecule has 100 valence electrons. The molecule has 0 spiro atoms. The molecule has 2 aromatic carbocycles. The second-order valence-electron chi connectivity index (χ2n) is 5.36. The summed E-state index contributed by atoms with van der Waals surface area (Å²) in [5.41, 5.74) is 12.1. The standard InChI is InChI=1S/C18H18N2/c1-12-7-13(2)9-15(8-12)18(19)16-10-14-5-3-4-6-17(14)20-11-16/h3-11,18H,19H2,1-2H3. The second kappa shape index (κ2) is 5.06. The first-order valence-corrected chi connectivity index (χ1v) is 6.82. The summed E-state index contributed by atoms with van der Waals surface area (Å²) in [7, 11) is 0. The lowest BCUT2D eigenvalue weighted by molar-refractivity contribution is 0.863. The van der Waals surface area contributed by atoms with E-state index in [2.05, 4.69) is 49.2 Å². The van der Waals surface area contributed by atoms with Crippen LogP contribution in [0.4, 0.5) is 0 Å². The summed E-state index contributed by atoms with van der Waals surface area (Å²) in [6, 6.07) is 16.6. The minimum atomic E-state index is -0.134. The second-order valence-corrected chi connectivity index (χ2v) is 5.36. The molecule has 2 heteroatoms. The van der Waals surface area contributed by atoms with Crippen molar-refractivity contribution in [3.8, 4) is 0 Å². The lowest BCUT2D eigenvalue weighted by atomic mass is 9.96. The predicted molar refractivity (Wildman–Crippen MR) is 83.7 cm³/mol. The quantitative estimate of drug-likeness (QED) is 0.760. The third-order valence-electron chi connectivity index (χ3n) is 3.57. The Morgan fingerprint density at radius 1 is 0.900 bits per heavy atom. The molecule has 0 amide bonds. The third-order valence-corrected chi connectivity index (χ3v) is 3.57. The summed E-state index contributed by atoms with van der Waals surface area (Å²) in [6.07, 6.45) is 1.88. The van der Waals surface area contributed by atoms with Gasteiger partial charge in [0.05, 0.1) is 11.6 Å². The molecule has 0 aliphatic heterocycles. The molecule has 2 nitrogen and oxygen atoms in total. The average Bonchev–Trinajstić information content (AvgIpc) is 2.45. The van der Waals surface area contributed by atoms with Crippen molar-refractivity contribution in [3.63, 3.8) is 0 Å². The Morgan fingerprint density at radius 3 is 2.35 bits per heavy atom. The number of hydrogen-bond acceptors (Lipinski definition) is 2. The highest BCUT2D eigenvalue weighted by molar-refractivity contribution is 5.78. The number of nitrogens with two attached hydrogens (primary N) is 1. The Morgan fingerprint density at radius 2 is 1.60 bits per heavy atom. The average molecular weight is 262 g/mol. The molecule has 2 N–H and O–H groups in total. The molecule has 0 saturated carbocycles. The van der Waals surface area contributed by atoms with E-state index < -0.39 is 0 Å². The summed E-state index contributed by atoms with van der Waals surface area (Å²) in [5.74, 6) is 0. The molecule has 0 bridgehead atoms. The van der Waals surface area contributed by atoms with E-state index in [0.717, 1.165) is 22.0 Å². The monoisotopic (exact) mass is 262 g/mol. The zero-order valence-corrected chi connectivity index (χ0v) is 11.8. The smallest absolute Gasteiger partial charge is 0.0702 e. The van der Waals surface area contributed by atoms with Crippen molar-refractivity contribution in [2.24, 2.45) is 5.73 Å². The van der Waals surface area contributed by atoms with E-state index in [1.807, 2.05) is 24.4 Å². The van der Waals surface area contributed by atoms with Gasteiger partial charge in [0.2, 0.25) is 0 Å². The van der Waals surface area contributed by atoms with E-state index in [1.165, 1.54) is 11.1 Å². The first-order chi connectivity index (χ1) is 9.63. The zero-order chi connectivity index (χ0) is 14.1. The Hall–Kier alpha value is -2.19. The molecule has 3 aromatic rings. The van der Waals surface area contributed by atoms with Crippen LogP contribution >= 0.6 is 0 Å². The van der Waals surface area contributed by atoms with Crippen molar-refractivity contribution < 1.29 is 0 Å². The van der Waals surface area contributed by atoms with Gasteiger partial charge in [-0.25, -0.2) is 0 Å². The molecule has 0 fully saturated rings. The van der Waals surface area contributed by atoms with Gasteiger partial charge in [0, 0.05) is 11.6 Å². The van der Waals surface area contributed by atoms with E-state index in [1.54, 1.807) is 0 Å². The first kappa shape index (κ1) is 12.8. The highest BCUT2D eigenvalue weighted by Gasteiger charge is 2.11. The molecule has 1 heterocycles. The number of aryl methyl sites for hydroxylation is 2. The summed E-state index contributed by atoms with van der Waals surface area (Å²) < 4.78 is 0. The van der Waals surface area contributed by atoms with Crippen LogP contribution in [0.1, 0.15) is 28.3 Å². The Labute approximate surface area is 119 Å². The van der Waals surface area contributed by atoms with E-state index in [0.29, 0.717) is 0 Å². The summed E-state index contributed by atoms with van der Waals surface area (Å²) >= 11 is 0. The summed E-state index contributed by atoms with van der Waals surface area (Å²) in [6.45, 7) is 4.20. The fourth-order valence-electron chi connectivity index (χ4n) is 2.64. The van der Waals surface area contributed by atoms with Crippen LogP contribution in [0, 0.1) is 13.8 Å². The molecule has 0 aliphatic carbocycles. The topological polar surface area (TPSA) is 38.9 Å². The first-order valence-electron chi connectivity index (χ1n) is 6.82. The van der Waals surface area contributed by atoms with Gasteiger partial charge in [0.15, 0.2) is 0 Å². The maximum absolute atomic E-state index is 6.41. The molecular weight excluding hydrogens is 244 g/mol. The maximum atomic E-state index is 6.41. The normalized spacial score (nSPS) is 12.6.